The van der Waals surface area contributed by atoms with E-state index in [9.17, 15) is 4.79 Å². The van der Waals surface area contributed by atoms with Crippen LogP contribution in [0.2, 0.25) is 0 Å². The van der Waals surface area contributed by atoms with Crippen LogP contribution in [0.15, 0.2) is 84.2 Å². The van der Waals surface area contributed by atoms with Gasteiger partial charge in [-0.1, -0.05) is 66.7 Å². The van der Waals surface area contributed by atoms with E-state index < -0.39 is 0 Å². The quantitative estimate of drug-likeness (QED) is 0.478. The van der Waals surface area contributed by atoms with Crippen molar-refractivity contribution >= 4 is 17.2 Å². The van der Waals surface area contributed by atoms with Gasteiger partial charge in [-0.15, -0.1) is 11.3 Å². The van der Waals surface area contributed by atoms with E-state index in [4.69, 9.17) is 4.98 Å². The third-order valence-corrected chi connectivity index (χ3v) is 5.48. The number of carbonyl (C=O) groups is 1. The monoisotopic (exact) mass is 384 g/mol. The molecule has 0 saturated carbocycles. The van der Waals surface area contributed by atoms with Gasteiger partial charge in [-0.05, 0) is 30.2 Å². The average Bonchev–Trinajstić information content (AvgIpc) is 3.24. The summed E-state index contributed by atoms with van der Waals surface area (Å²) < 4.78 is 0. The molecular formula is C24H20N2OS. The Balaban J connectivity index is 1.49. The van der Waals surface area contributed by atoms with Crippen LogP contribution in [0.4, 0.5) is 0 Å². The van der Waals surface area contributed by atoms with Gasteiger partial charge in [0.05, 0.1) is 5.69 Å². The third-order valence-electron chi connectivity index (χ3n) is 4.59. The second-order valence-corrected chi connectivity index (χ2v) is 7.46. The van der Waals surface area contributed by atoms with Crippen molar-refractivity contribution in [1.29, 1.82) is 0 Å². The average molecular weight is 385 g/mol. The standard InChI is InChI=1S/C24H20N2OS/c1-17-8-5-6-13-21(17)23(27)25-15-18-9-7-12-20(14-18)24-26-22(16-28-24)19-10-3-2-4-11-19/h2-14,16H,15H2,1H3,(H,25,27). The van der Waals surface area contributed by atoms with Crippen molar-refractivity contribution in [2.45, 2.75) is 13.5 Å². The molecule has 3 aromatic carbocycles. The van der Waals surface area contributed by atoms with E-state index in [0.717, 1.165) is 33.0 Å². The molecule has 1 aromatic heterocycles. The molecule has 0 spiro atoms. The Kier molecular flexibility index (Phi) is 5.31. The van der Waals surface area contributed by atoms with E-state index in [1.807, 2.05) is 61.5 Å². The lowest BCUT2D eigenvalue weighted by atomic mass is 10.1. The second-order valence-electron chi connectivity index (χ2n) is 6.60. The highest BCUT2D eigenvalue weighted by atomic mass is 32.1. The summed E-state index contributed by atoms with van der Waals surface area (Å²) in [5.41, 5.74) is 5.91. The number of nitrogens with one attached hydrogen (secondary N) is 1. The molecule has 0 bridgehead atoms. The lowest BCUT2D eigenvalue weighted by Gasteiger charge is -2.08. The molecule has 138 valence electrons. The number of carbonyl (C=O) groups excluding carboxylic acids is 1. The van der Waals surface area contributed by atoms with Crippen molar-refractivity contribution in [3.63, 3.8) is 0 Å². The number of benzene rings is 3. The maximum Gasteiger partial charge on any atom is 0.251 e. The van der Waals surface area contributed by atoms with Crippen LogP contribution < -0.4 is 5.32 Å². The van der Waals surface area contributed by atoms with Crippen LogP contribution in [0, 0.1) is 6.92 Å². The number of nitrogens with zero attached hydrogens (tertiary/aromatic N) is 1. The minimum atomic E-state index is -0.0517. The summed E-state index contributed by atoms with van der Waals surface area (Å²) in [6, 6.07) is 26.0. The fourth-order valence-electron chi connectivity index (χ4n) is 3.07. The molecule has 3 nitrogen and oxygen atoms in total. The number of amides is 1. The maximum atomic E-state index is 12.4. The van der Waals surface area contributed by atoms with Gasteiger partial charge in [-0.2, -0.15) is 0 Å². The summed E-state index contributed by atoms with van der Waals surface area (Å²) in [4.78, 5) is 17.2. The van der Waals surface area contributed by atoms with Crippen molar-refractivity contribution in [3.8, 4) is 21.8 Å². The highest BCUT2D eigenvalue weighted by Crippen LogP contribution is 2.29. The van der Waals surface area contributed by atoms with Crippen molar-refractivity contribution in [2.75, 3.05) is 0 Å². The first-order valence-electron chi connectivity index (χ1n) is 9.15. The SMILES string of the molecule is Cc1ccccc1C(=O)NCc1cccc(-c2nc(-c3ccccc3)cs2)c1. The van der Waals surface area contributed by atoms with E-state index in [1.165, 1.54) is 0 Å². The lowest BCUT2D eigenvalue weighted by Crippen LogP contribution is -2.23. The molecule has 4 heteroatoms. The van der Waals surface area contributed by atoms with E-state index in [1.54, 1.807) is 11.3 Å². The van der Waals surface area contributed by atoms with Gasteiger partial charge in [0.15, 0.2) is 0 Å². The minimum Gasteiger partial charge on any atom is -0.348 e. The van der Waals surface area contributed by atoms with Crippen LogP contribution in [-0.4, -0.2) is 10.9 Å². The minimum absolute atomic E-state index is 0.0517. The third kappa shape index (κ3) is 4.02. The summed E-state index contributed by atoms with van der Waals surface area (Å²) in [5, 5.41) is 6.07. The number of hydrogen-bond acceptors (Lipinski definition) is 3. The van der Waals surface area contributed by atoms with Crippen LogP contribution in [-0.2, 0) is 6.54 Å². The Bertz CT molecular complexity index is 1100. The van der Waals surface area contributed by atoms with E-state index in [0.29, 0.717) is 12.1 Å². The maximum absolute atomic E-state index is 12.4. The summed E-state index contributed by atoms with van der Waals surface area (Å²) in [7, 11) is 0. The van der Waals surface area contributed by atoms with Crippen molar-refractivity contribution < 1.29 is 4.79 Å². The zero-order chi connectivity index (χ0) is 19.3. The zero-order valence-corrected chi connectivity index (χ0v) is 16.4. The van der Waals surface area contributed by atoms with E-state index in [-0.39, 0.29) is 5.91 Å². The molecular weight excluding hydrogens is 364 g/mol. The van der Waals surface area contributed by atoms with Gasteiger partial charge in [0.2, 0.25) is 0 Å². The van der Waals surface area contributed by atoms with Crippen molar-refractivity contribution in [3.05, 3.63) is 101 Å². The van der Waals surface area contributed by atoms with E-state index in [2.05, 4.69) is 35.0 Å². The van der Waals surface area contributed by atoms with Crippen molar-refractivity contribution in [1.82, 2.24) is 10.3 Å². The van der Waals surface area contributed by atoms with Crippen LogP contribution in [0.5, 0.6) is 0 Å². The summed E-state index contributed by atoms with van der Waals surface area (Å²) in [6.45, 7) is 2.43. The fraction of sp³-hybridized carbons (Fsp3) is 0.0833. The number of hydrogen-bond donors (Lipinski definition) is 1. The molecule has 28 heavy (non-hydrogen) atoms. The van der Waals surface area contributed by atoms with Gasteiger partial charge < -0.3 is 5.32 Å². The Labute approximate surface area is 168 Å². The molecule has 0 aliphatic rings. The summed E-state index contributed by atoms with van der Waals surface area (Å²) in [5.74, 6) is -0.0517. The normalized spacial score (nSPS) is 10.6. The lowest BCUT2D eigenvalue weighted by molar-refractivity contribution is 0.0950. The van der Waals surface area contributed by atoms with Gasteiger partial charge in [0.1, 0.15) is 5.01 Å². The number of aromatic nitrogens is 1. The first-order valence-corrected chi connectivity index (χ1v) is 10.0. The van der Waals surface area contributed by atoms with Crippen LogP contribution in [0.1, 0.15) is 21.5 Å². The summed E-state index contributed by atoms with van der Waals surface area (Å²) >= 11 is 1.63. The van der Waals surface area contributed by atoms with Gasteiger partial charge in [-0.25, -0.2) is 4.98 Å². The molecule has 1 amide bonds. The number of rotatable bonds is 5. The Morgan fingerprint density at radius 1 is 0.929 bits per heavy atom. The Morgan fingerprint density at radius 3 is 2.50 bits per heavy atom. The van der Waals surface area contributed by atoms with Gasteiger partial charge in [0.25, 0.3) is 5.91 Å². The molecule has 0 radical (unpaired) electrons. The number of thiazole rings is 1. The smallest absolute Gasteiger partial charge is 0.251 e. The predicted molar refractivity (Wildman–Crippen MR) is 115 cm³/mol. The van der Waals surface area contributed by atoms with E-state index >= 15 is 0 Å². The van der Waals surface area contributed by atoms with Gasteiger partial charge >= 0.3 is 0 Å². The van der Waals surface area contributed by atoms with Gasteiger partial charge in [-0.3, -0.25) is 4.79 Å². The molecule has 1 heterocycles. The van der Waals surface area contributed by atoms with Crippen LogP contribution in [0.25, 0.3) is 21.8 Å². The molecule has 0 fully saturated rings. The topological polar surface area (TPSA) is 42.0 Å². The highest BCUT2D eigenvalue weighted by Gasteiger charge is 2.09. The number of aryl methyl sites for hydroxylation is 1. The molecule has 0 aliphatic heterocycles. The molecule has 0 unspecified atom stereocenters. The molecule has 1 N–H and O–H groups in total. The molecule has 4 aromatic rings. The largest absolute Gasteiger partial charge is 0.348 e. The second kappa shape index (κ2) is 8.19. The molecule has 0 saturated heterocycles. The Morgan fingerprint density at radius 2 is 1.68 bits per heavy atom. The zero-order valence-electron chi connectivity index (χ0n) is 15.6. The Hall–Kier alpha value is -3.24. The van der Waals surface area contributed by atoms with Crippen LogP contribution in [0.3, 0.4) is 0 Å². The highest BCUT2D eigenvalue weighted by molar-refractivity contribution is 7.13. The van der Waals surface area contributed by atoms with Crippen molar-refractivity contribution in [2.24, 2.45) is 0 Å². The molecule has 0 atom stereocenters. The molecule has 0 aliphatic carbocycles. The van der Waals surface area contributed by atoms with Crippen LogP contribution >= 0.6 is 11.3 Å². The van der Waals surface area contributed by atoms with Gasteiger partial charge in [0, 0.05) is 28.6 Å². The summed E-state index contributed by atoms with van der Waals surface area (Å²) in [6.07, 6.45) is 0. The fourth-order valence-corrected chi connectivity index (χ4v) is 3.89. The predicted octanol–water partition coefficient (Wildman–Crippen LogP) is 5.72. The first-order chi connectivity index (χ1) is 13.7. The molecule has 4 rings (SSSR count). The first kappa shape index (κ1) is 18.1.